The summed E-state index contributed by atoms with van der Waals surface area (Å²) in [6.07, 6.45) is 4.48. The van der Waals surface area contributed by atoms with Gasteiger partial charge in [-0.3, -0.25) is 10.3 Å². The molecule has 0 aliphatic heterocycles. The predicted octanol–water partition coefficient (Wildman–Crippen LogP) is 5.39. The SMILES string of the molecule is C1=CC(c2ccccc2CONc2ccccc2)c2ccccc21. The van der Waals surface area contributed by atoms with Crippen molar-refractivity contribution in [1.29, 1.82) is 0 Å². The zero-order chi connectivity index (χ0) is 16.2. The van der Waals surface area contributed by atoms with Crippen molar-refractivity contribution in [3.05, 3.63) is 107 Å². The minimum absolute atomic E-state index is 0.303. The van der Waals surface area contributed by atoms with E-state index in [1.54, 1.807) is 0 Å². The molecule has 1 aliphatic rings. The van der Waals surface area contributed by atoms with Crippen molar-refractivity contribution in [1.82, 2.24) is 0 Å². The normalized spacial score (nSPS) is 15.2. The van der Waals surface area contributed by atoms with Crippen LogP contribution in [0.3, 0.4) is 0 Å². The van der Waals surface area contributed by atoms with Crippen LogP contribution in [0.15, 0.2) is 84.9 Å². The lowest BCUT2D eigenvalue weighted by Gasteiger charge is -2.16. The third-order valence-corrected chi connectivity index (χ3v) is 4.38. The van der Waals surface area contributed by atoms with Crippen molar-refractivity contribution in [3.63, 3.8) is 0 Å². The second kappa shape index (κ2) is 6.73. The Balaban J connectivity index is 1.53. The van der Waals surface area contributed by atoms with E-state index in [1.807, 2.05) is 30.3 Å². The fourth-order valence-corrected chi connectivity index (χ4v) is 3.19. The van der Waals surface area contributed by atoms with Gasteiger partial charge in [-0.25, -0.2) is 0 Å². The summed E-state index contributed by atoms with van der Waals surface area (Å²) in [7, 11) is 0. The van der Waals surface area contributed by atoms with Gasteiger partial charge < -0.3 is 0 Å². The van der Waals surface area contributed by atoms with Gasteiger partial charge in [0.1, 0.15) is 0 Å². The fraction of sp³-hybridized carbons (Fsp3) is 0.0909. The highest BCUT2D eigenvalue weighted by Gasteiger charge is 2.20. The lowest BCUT2D eigenvalue weighted by Crippen LogP contribution is -2.06. The standard InChI is InChI=1S/C22H19NO/c1-2-10-19(11-3-1)23-24-16-18-9-5-7-13-21(18)22-15-14-17-8-4-6-12-20(17)22/h1-15,22-23H,16H2. The third-order valence-electron chi connectivity index (χ3n) is 4.38. The lowest BCUT2D eigenvalue weighted by molar-refractivity contribution is 0.179. The van der Waals surface area contributed by atoms with E-state index in [4.69, 9.17) is 4.84 Å². The van der Waals surface area contributed by atoms with E-state index >= 15 is 0 Å². The van der Waals surface area contributed by atoms with Crippen molar-refractivity contribution in [2.75, 3.05) is 5.48 Å². The highest BCUT2D eigenvalue weighted by Crippen LogP contribution is 2.36. The lowest BCUT2D eigenvalue weighted by atomic mass is 9.90. The first kappa shape index (κ1) is 14.7. The van der Waals surface area contributed by atoms with E-state index in [-0.39, 0.29) is 0 Å². The first-order chi connectivity index (χ1) is 11.9. The Morgan fingerprint density at radius 1 is 0.750 bits per heavy atom. The summed E-state index contributed by atoms with van der Waals surface area (Å²) in [5.41, 5.74) is 9.14. The molecule has 1 N–H and O–H groups in total. The maximum atomic E-state index is 5.72. The molecule has 0 radical (unpaired) electrons. The topological polar surface area (TPSA) is 21.3 Å². The highest BCUT2D eigenvalue weighted by atomic mass is 16.6. The monoisotopic (exact) mass is 313 g/mol. The first-order valence-corrected chi connectivity index (χ1v) is 8.19. The zero-order valence-corrected chi connectivity index (χ0v) is 13.4. The molecule has 3 aromatic rings. The Labute approximate surface area is 142 Å². The molecule has 1 aliphatic carbocycles. The van der Waals surface area contributed by atoms with Crippen molar-refractivity contribution in [3.8, 4) is 0 Å². The number of rotatable bonds is 5. The van der Waals surface area contributed by atoms with Gasteiger partial charge >= 0.3 is 0 Å². The van der Waals surface area contributed by atoms with E-state index in [1.165, 1.54) is 22.3 Å². The quantitative estimate of drug-likeness (QED) is 0.638. The molecule has 0 amide bonds. The van der Waals surface area contributed by atoms with Crippen LogP contribution < -0.4 is 5.48 Å². The second-order valence-corrected chi connectivity index (χ2v) is 5.92. The molecule has 0 saturated heterocycles. The van der Waals surface area contributed by atoms with Crippen LogP contribution >= 0.6 is 0 Å². The Kier molecular flexibility index (Phi) is 4.13. The first-order valence-electron chi connectivity index (χ1n) is 8.19. The van der Waals surface area contributed by atoms with Gasteiger partial charge in [0.15, 0.2) is 0 Å². The summed E-state index contributed by atoms with van der Waals surface area (Å²) in [5.74, 6) is 0.303. The smallest absolute Gasteiger partial charge is 0.0999 e. The molecular formula is C22H19NO. The van der Waals surface area contributed by atoms with E-state index in [2.05, 4.69) is 66.2 Å². The number of hydrogen-bond donors (Lipinski definition) is 1. The zero-order valence-electron chi connectivity index (χ0n) is 13.4. The maximum Gasteiger partial charge on any atom is 0.0999 e. The van der Waals surface area contributed by atoms with Gasteiger partial charge in [0.2, 0.25) is 0 Å². The maximum absolute atomic E-state index is 5.72. The number of allylic oxidation sites excluding steroid dienone is 1. The molecule has 2 nitrogen and oxygen atoms in total. The molecule has 0 bridgehead atoms. The number of benzene rings is 3. The van der Waals surface area contributed by atoms with E-state index < -0.39 is 0 Å². The summed E-state index contributed by atoms with van der Waals surface area (Å²) < 4.78 is 0. The van der Waals surface area contributed by atoms with E-state index in [0.717, 1.165) is 5.69 Å². The Morgan fingerprint density at radius 3 is 2.33 bits per heavy atom. The minimum atomic E-state index is 0.303. The largest absolute Gasteiger partial charge is 0.271 e. The highest BCUT2D eigenvalue weighted by molar-refractivity contribution is 5.65. The molecule has 24 heavy (non-hydrogen) atoms. The van der Waals surface area contributed by atoms with Gasteiger partial charge in [-0.1, -0.05) is 78.9 Å². The van der Waals surface area contributed by atoms with Crippen LogP contribution in [-0.2, 0) is 11.4 Å². The van der Waals surface area contributed by atoms with Crippen LogP contribution in [0.2, 0.25) is 0 Å². The number of para-hydroxylation sites is 1. The average Bonchev–Trinajstić information content (AvgIpc) is 3.07. The Bertz CT molecular complexity index is 855. The molecule has 3 aromatic carbocycles. The van der Waals surface area contributed by atoms with Gasteiger partial charge in [-0.05, 0) is 34.4 Å². The van der Waals surface area contributed by atoms with Crippen LogP contribution in [0, 0.1) is 0 Å². The molecule has 4 rings (SSSR count). The van der Waals surface area contributed by atoms with E-state index in [9.17, 15) is 0 Å². The van der Waals surface area contributed by atoms with Crippen LogP contribution in [0.25, 0.3) is 6.08 Å². The van der Waals surface area contributed by atoms with Gasteiger partial charge in [-0.15, -0.1) is 0 Å². The summed E-state index contributed by atoms with van der Waals surface area (Å²) in [6.45, 7) is 0.525. The van der Waals surface area contributed by atoms with Crippen molar-refractivity contribution in [2.45, 2.75) is 12.5 Å². The summed E-state index contributed by atoms with van der Waals surface area (Å²) >= 11 is 0. The second-order valence-electron chi connectivity index (χ2n) is 5.92. The van der Waals surface area contributed by atoms with Crippen LogP contribution in [-0.4, -0.2) is 0 Å². The number of anilines is 1. The molecule has 0 heterocycles. The summed E-state index contributed by atoms with van der Waals surface area (Å²) in [5, 5.41) is 0. The number of nitrogens with one attached hydrogen (secondary N) is 1. The molecule has 0 fully saturated rings. The van der Waals surface area contributed by atoms with Crippen molar-refractivity contribution < 1.29 is 4.84 Å². The minimum Gasteiger partial charge on any atom is -0.271 e. The fourth-order valence-electron chi connectivity index (χ4n) is 3.19. The third kappa shape index (κ3) is 2.97. The van der Waals surface area contributed by atoms with Gasteiger partial charge in [0.05, 0.1) is 12.3 Å². The summed E-state index contributed by atoms with van der Waals surface area (Å²) in [4.78, 5) is 5.72. The van der Waals surface area contributed by atoms with Crippen molar-refractivity contribution in [2.24, 2.45) is 0 Å². The van der Waals surface area contributed by atoms with Gasteiger partial charge in [0, 0.05) is 5.92 Å². The molecule has 0 spiro atoms. The molecule has 1 unspecified atom stereocenters. The molecule has 118 valence electrons. The van der Waals surface area contributed by atoms with Crippen LogP contribution in [0.4, 0.5) is 5.69 Å². The summed E-state index contributed by atoms with van der Waals surface area (Å²) in [6, 6.07) is 27.0. The predicted molar refractivity (Wildman–Crippen MR) is 98.6 cm³/mol. The van der Waals surface area contributed by atoms with Crippen LogP contribution in [0.5, 0.6) is 0 Å². The average molecular weight is 313 g/mol. The molecule has 0 saturated carbocycles. The van der Waals surface area contributed by atoms with E-state index in [0.29, 0.717) is 12.5 Å². The number of hydrogen-bond acceptors (Lipinski definition) is 2. The molecule has 2 heteroatoms. The van der Waals surface area contributed by atoms with Crippen molar-refractivity contribution >= 4 is 11.8 Å². The molecular weight excluding hydrogens is 294 g/mol. The Morgan fingerprint density at radius 2 is 1.46 bits per heavy atom. The number of fused-ring (bicyclic) bond motifs is 1. The van der Waals surface area contributed by atoms with Gasteiger partial charge in [-0.2, -0.15) is 0 Å². The Hall–Kier alpha value is -2.84. The van der Waals surface area contributed by atoms with Crippen LogP contribution in [0.1, 0.15) is 28.2 Å². The molecule has 0 aromatic heterocycles. The van der Waals surface area contributed by atoms with Gasteiger partial charge in [0.25, 0.3) is 0 Å². The molecule has 1 atom stereocenters.